The monoisotopic (exact) mass is 484 g/mol. The molecule has 186 valence electrons. The Labute approximate surface area is 210 Å². The van der Waals surface area contributed by atoms with E-state index in [0.717, 1.165) is 48.0 Å². The van der Waals surface area contributed by atoms with E-state index in [0.29, 0.717) is 37.9 Å². The number of carbonyl (C=O) groups is 1. The van der Waals surface area contributed by atoms with E-state index in [-0.39, 0.29) is 11.9 Å². The lowest BCUT2D eigenvalue weighted by atomic mass is 9.87. The minimum absolute atomic E-state index is 0.0620. The number of aromatic amines is 1. The zero-order valence-electron chi connectivity index (χ0n) is 20.6. The number of nitrogens with one attached hydrogen (secondary N) is 2. The van der Waals surface area contributed by atoms with Gasteiger partial charge in [0.05, 0.1) is 30.9 Å². The molecular weight excluding hydrogens is 452 g/mol. The Morgan fingerprint density at radius 1 is 1.28 bits per heavy atom. The van der Waals surface area contributed by atoms with Crippen molar-refractivity contribution < 1.29 is 9.53 Å². The summed E-state index contributed by atoms with van der Waals surface area (Å²) in [5, 5.41) is 4.75. The minimum atomic E-state index is -0.0620. The summed E-state index contributed by atoms with van der Waals surface area (Å²) in [6.07, 6.45) is 9.94. The zero-order chi connectivity index (χ0) is 24.6. The Bertz CT molecular complexity index is 1360. The van der Waals surface area contributed by atoms with E-state index in [4.69, 9.17) is 10.5 Å². The lowest BCUT2D eigenvalue weighted by Crippen LogP contribution is -2.40. The summed E-state index contributed by atoms with van der Waals surface area (Å²) >= 11 is 0. The first-order valence-corrected chi connectivity index (χ1v) is 12.8. The van der Waals surface area contributed by atoms with Crippen LogP contribution in [-0.4, -0.2) is 59.3 Å². The number of nitrogens with two attached hydrogens (primary N) is 1. The van der Waals surface area contributed by atoms with Crippen LogP contribution in [0.15, 0.2) is 47.4 Å². The van der Waals surface area contributed by atoms with Gasteiger partial charge in [-0.2, -0.15) is 0 Å². The first-order chi connectivity index (χ1) is 17.6. The molecule has 36 heavy (non-hydrogen) atoms. The third kappa shape index (κ3) is 4.42. The van der Waals surface area contributed by atoms with Crippen LogP contribution in [0.25, 0.3) is 22.2 Å². The van der Waals surface area contributed by atoms with Gasteiger partial charge in [0.1, 0.15) is 5.65 Å². The highest BCUT2D eigenvalue weighted by atomic mass is 16.5. The largest absolute Gasteiger partial charge is 0.404 e. The Hall–Kier alpha value is -3.49. The van der Waals surface area contributed by atoms with E-state index in [1.807, 2.05) is 17.3 Å². The van der Waals surface area contributed by atoms with Crippen LogP contribution in [0.3, 0.4) is 0 Å². The van der Waals surface area contributed by atoms with Crippen molar-refractivity contribution in [1.29, 1.82) is 0 Å². The summed E-state index contributed by atoms with van der Waals surface area (Å²) in [7, 11) is 0. The molecule has 1 unspecified atom stereocenters. The lowest BCUT2D eigenvalue weighted by molar-refractivity contribution is -0.127. The van der Waals surface area contributed by atoms with Crippen LogP contribution in [0, 0.1) is 6.92 Å². The van der Waals surface area contributed by atoms with Gasteiger partial charge in [0, 0.05) is 55.4 Å². The Morgan fingerprint density at radius 2 is 2.17 bits per heavy atom. The topological polar surface area (TPSA) is 109 Å². The molecule has 1 saturated heterocycles. The molecule has 0 radical (unpaired) electrons. The van der Waals surface area contributed by atoms with Gasteiger partial charge in [-0.1, -0.05) is 6.07 Å². The number of hydrogen-bond donors (Lipinski definition) is 3. The van der Waals surface area contributed by atoms with Crippen molar-refractivity contribution in [3.63, 3.8) is 0 Å². The number of morpholine rings is 1. The van der Waals surface area contributed by atoms with Crippen LogP contribution in [0.1, 0.15) is 41.1 Å². The van der Waals surface area contributed by atoms with Gasteiger partial charge in [0.15, 0.2) is 0 Å². The molecule has 2 fully saturated rings. The Morgan fingerprint density at radius 3 is 2.94 bits per heavy atom. The molecule has 1 aromatic carbocycles. The molecule has 4 N–H and O–H groups in total. The molecule has 3 aliphatic rings. The third-order valence-corrected chi connectivity index (χ3v) is 7.43. The predicted octanol–water partition coefficient (Wildman–Crippen LogP) is 3.16. The summed E-state index contributed by atoms with van der Waals surface area (Å²) in [4.78, 5) is 27.6. The molecule has 3 aromatic rings. The molecule has 1 saturated carbocycles. The molecule has 4 heterocycles. The number of aliphatic imine (C=N–C) groups is 1. The number of benzene rings is 1. The average molecular weight is 485 g/mol. The highest BCUT2D eigenvalue weighted by Crippen LogP contribution is 2.35. The average Bonchev–Trinajstić information content (AvgIpc) is 3.69. The molecule has 0 spiro atoms. The zero-order valence-corrected chi connectivity index (χ0v) is 20.6. The maximum Gasteiger partial charge on any atom is 0.257 e. The van der Waals surface area contributed by atoms with Gasteiger partial charge in [0.25, 0.3) is 5.91 Å². The van der Waals surface area contributed by atoms with E-state index in [9.17, 15) is 4.79 Å². The maximum atomic E-state index is 13.3. The van der Waals surface area contributed by atoms with Gasteiger partial charge in [-0.3, -0.25) is 9.79 Å². The number of pyridine rings is 1. The van der Waals surface area contributed by atoms with Crippen molar-refractivity contribution in [2.75, 3.05) is 26.3 Å². The van der Waals surface area contributed by atoms with Gasteiger partial charge < -0.3 is 25.7 Å². The van der Waals surface area contributed by atoms with Crippen molar-refractivity contribution in [2.24, 2.45) is 10.7 Å². The standard InChI is InChI=1S/C28H32N6O2/c1-17-12-32-27-23(17)10-20(13-33-27)19-8-18-4-6-34(28(35)21(11-29)14-31-22-2-3-22)15-25(18)24(9-19)26-16-36-7-5-30-26/h8-14,22,26,30H,2-7,15-16,29H2,1H3,(H,32,33). The molecule has 1 atom stereocenters. The van der Waals surface area contributed by atoms with Crippen molar-refractivity contribution >= 4 is 23.2 Å². The quantitative estimate of drug-likeness (QED) is 0.381. The normalized spacial score (nSPS) is 20.8. The number of ether oxygens (including phenoxy) is 1. The van der Waals surface area contributed by atoms with Gasteiger partial charge in [-0.05, 0) is 66.1 Å². The number of rotatable bonds is 5. The summed E-state index contributed by atoms with van der Waals surface area (Å²) < 4.78 is 5.82. The van der Waals surface area contributed by atoms with Gasteiger partial charge in [-0.25, -0.2) is 4.98 Å². The van der Waals surface area contributed by atoms with Crippen LogP contribution < -0.4 is 11.1 Å². The summed E-state index contributed by atoms with van der Waals surface area (Å²) in [6, 6.07) is 7.15. The highest BCUT2D eigenvalue weighted by Gasteiger charge is 2.29. The second-order valence-electron chi connectivity index (χ2n) is 9.98. The van der Waals surface area contributed by atoms with E-state index >= 15 is 0 Å². The summed E-state index contributed by atoms with van der Waals surface area (Å²) in [5.74, 6) is -0.0620. The van der Waals surface area contributed by atoms with Gasteiger partial charge in [0.2, 0.25) is 0 Å². The number of amides is 1. The van der Waals surface area contributed by atoms with Crippen LogP contribution in [-0.2, 0) is 22.5 Å². The van der Waals surface area contributed by atoms with Crippen molar-refractivity contribution in [2.45, 2.75) is 44.8 Å². The van der Waals surface area contributed by atoms with Crippen LogP contribution in [0.2, 0.25) is 0 Å². The fraction of sp³-hybridized carbons (Fsp3) is 0.393. The maximum absolute atomic E-state index is 13.3. The molecule has 0 bridgehead atoms. The van der Waals surface area contributed by atoms with E-state index in [2.05, 4.69) is 45.4 Å². The summed E-state index contributed by atoms with van der Waals surface area (Å²) in [6.45, 7) is 5.41. The van der Waals surface area contributed by atoms with Crippen LogP contribution in [0.4, 0.5) is 0 Å². The van der Waals surface area contributed by atoms with Gasteiger partial charge >= 0.3 is 0 Å². The second-order valence-corrected chi connectivity index (χ2v) is 9.98. The molecule has 1 amide bonds. The first kappa shape index (κ1) is 22.9. The molecular formula is C28H32N6O2. The van der Waals surface area contributed by atoms with E-state index in [1.54, 1.807) is 6.21 Å². The fourth-order valence-corrected chi connectivity index (χ4v) is 5.17. The van der Waals surface area contributed by atoms with E-state index in [1.165, 1.54) is 28.5 Å². The number of carbonyl (C=O) groups excluding carboxylic acids is 1. The van der Waals surface area contributed by atoms with Crippen molar-refractivity contribution in [1.82, 2.24) is 20.2 Å². The number of aryl methyl sites for hydroxylation is 1. The highest BCUT2D eigenvalue weighted by molar-refractivity contribution is 6.12. The smallest absolute Gasteiger partial charge is 0.257 e. The fourth-order valence-electron chi connectivity index (χ4n) is 5.17. The number of fused-ring (bicyclic) bond motifs is 2. The summed E-state index contributed by atoms with van der Waals surface area (Å²) in [5.41, 5.74) is 14.3. The molecule has 6 rings (SSSR count). The molecule has 1 aliphatic carbocycles. The second kappa shape index (κ2) is 9.52. The molecule has 2 aliphatic heterocycles. The molecule has 8 nitrogen and oxygen atoms in total. The lowest BCUT2D eigenvalue weighted by Gasteiger charge is -2.34. The number of hydrogen-bond acceptors (Lipinski definition) is 6. The first-order valence-electron chi connectivity index (χ1n) is 12.8. The SMILES string of the molecule is Cc1c[nH]c2ncc(-c3cc4c(c(C5COCCN5)c3)CN(C(=O)C(C=NC3CC3)=CN)CC4)cc12. The van der Waals surface area contributed by atoms with E-state index < -0.39 is 0 Å². The Balaban J connectivity index is 1.36. The third-order valence-electron chi connectivity index (χ3n) is 7.43. The van der Waals surface area contributed by atoms with Crippen LogP contribution in [0.5, 0.6) is 0 Å². The Kier molecular flexibility index (Phi) is 6.07. The van der Waals surface area contributed by atoms with Crippen LogP contribution >= 0.6 is 0 Å². The van der Waals surface area contributed by atoms with Crippen molar-refractivity contribution in [3.8, 4) is 11.1 Å². The predicted molar refractivity (Wildman–Crippen MR) is 141 cm³/mol. The number of H-pyrrole nitrogens is 1. The molecule has 8 heteroatoms. The minimum Gasteiger partial charge on any atom is -0.404 e. The van der Waals surface area contributed by atoms with Gasteiger partial charge in [-0.15, -0.1) is 0 Å². The number of nitrogens with zero attached hydrogens (tertiary/aromatic N) is 3. The number of aromatic nitrogens is 2. The van der Waals surface area contributed by atoms with Crippen molar-refractivity contribution in [3.05, 3.63) is 64.6 Å². The molecule has 2 aromatic heterocycles.